The summed E-state index contributed by atoms with van der Waals surface area (Å²) in [5.74, 6) is -1.65. The molecular weight excluding hydrogens is 223 g/mol. The molecule has 17 heavy (non-hydrogen) atoms. The van der Waals surface area contributed by atoms with Gasteiger partial charge in [-0.15, -0.1) is 0 Å². The molecule has 0 unspecified atom stereocenters. The SMILES string of the molecule is CCCCCCOc1ccc(C(=O)O)c(F)c1. The Labute approximate surface area is 100 Å². The lowest BCUT2D eigenvalue weighted by Crippen LogP contribution is -2.02. The van der Waals surface area contributed by atoms with E-state index < -0.39 is 11.8 Å². The maximum Gasteiger partial charge on any atom is 0.338 e. The Morgan fingerprint density at radius 1 is 1.35 bits per heavy atom. The fourth-order valence-corrected chi connectivity index (χ4v) is 1.48. The van der Waals surface area contributed by atoms with Crippen LogP contribution in [0.15, 0.2) is 18.2 Å². The maximum absolute atomic E-state index is 13.3. The summed E-state index contributed by atoms with van der Waals surface area (Å²) >= 11 is 0. The molecular formula is C13H17FO3. The zero-order valence-electron chi connectivity index (χ0n) is 9.91. The van der Waals surface area contributed by atoms with E-state index in [9.17, 15) is 9.18 Å². The largest absolute Gasteiger partial charge is 0.493 e. The van der Waals surface area contributed by atoms with Gasteiger partial charge in [0.1, 0.15) is 11.6 Å². The second-order valence-corrected chi connectivity index (χ2v) is 3.86. The van der Waals surface area contributed by atoms with Gasteiger partial charge in [-0.1, -0.05) is 26.2 Å². The molecule has 0 heterocycles. The van der Waals surface area contributed by atoms with Crippen molar-refractivity contribution in [3.8, 4) is 5.75 Å². The molecule has 1 rings (SSSR count). The summed E-state index contributed by atoms with van der Waals surface area (Å²) < 4.78 is 18.6. The molecule has 0 bridgehead atoms. The number of unbranched alkanes of at least 4 members (excludes halogenated alkanes) is 3. The van der Waals surface area contributed by atoms with Crippen LogP contribution in [0.4, 0.5) is 4.39 Å². The van der Waals surface area contributed by atoms with E-state index in [1.165, 1.54) is 12.1 Å². The van der Waals surface area contributed by atoms with Gasteiger partial charge in [0, 0.05) is 6.07 Å². The Hall–Kier alpha value is -1.58. The number of carboxylic acid groups (broad SMARTS) is 1. The Bertz CT molecular complexity index is 377. The molecule has 94 valence electrons. The van der Waals surface area contributed by atoms with Gasteiger partial charge in [-0.25, -0.2) is 9.18 Å². The minimum Gasteiger partial charge on any atom is -0.493 e. The molecule has 3 nitrogen and oxygen atoms in total. The molecule has 0 saturated heterocycles. The van der Waals surface area contributed by atoms with Gasteiger partial charge in [-0.05, 0) is 18.6 Å². The van der Waals surface area contributed by atoms with Crippen LogP contribution in [0, 0.1) is 5.82 Å². The lowest BCUT2D eigenvalue weighted by atomic mass is 10.2. The van der Waals surface area contributed by atoms with Gasteiger partial charge in [-0.3, -0.25) is 0 Å². The molecule has 0 atom stereocenters. The summed E-state index contributed by atoms with van der Waals surface area (Å²) in [5.41, 5.74) is -0.330. The number of ether oxygens (including phenoxy) is 1. The van der Waals surface area contributed by atoms with Gasteiger partial charge in [-0.2, -0.15) is 0 Å². The Kier molecular flexibility index (Phi) is 5.46. The maximum atomic E-state index is 13.3. The van der Waals surface area contributed by atoms with Crippen molar-refractivity contribution in [3.05, 3.63) is 29.6 Å². The predicted molar refractivity (Wildman–Crippen MR) is 63.0 cm³/mol. The summed E-state index contributed by atoms with van der Waals surface area (Å²) in [7, 11) is 0. The highest BCUT2D eigenvalue weighted by molar-refractivity contribution is 5.88. The zero-order valence-corrected chi connectivity index (χ0v) is 9.91. The average molecular weight is 240 g/mol. The van der Waals surface area contributed by atoms with E-state index in [0.29, 0.717) is 12.4 Å². The number of carbonyl (C=O) groups is 1. The van der Waals surface area contributed by atoms with E-state index in [1.807, 2.05) is 0 Å². The summed E-state index contributed by atoms with van der Waals surface area (Å²) in [4.78, 5) is 10.6. The number of benzene rings is 1. The topological polar surface area (TPSA) is 46.5 Å². The highest BCUT2D eigenvalue weighted by Gasteiger charge is 2.10. The first-order chi connectivity index (χ1) is 8.15. The minimum atomic E-state index is -1.27. The van der Waals surface area contributed by atoms with Gasteiger partial charge in [0.25, 0.3) is 0 Å². The van der Waals surface area contributed by atoms with E-state index >= 15 is 0 Å². The standard InChI is InChI=1S/C13H17FO3/c1-2-3-4-5-8-17-10-6-7-11(13(15)16)12(14)9-10/h6-7,9H,2-5,8H2,1H3,(H,15,16). The Morgan fingerprint density at radius 3 is 2.71 bits per heavy atom. The first-order valence-corrected chi connectivity index (χ1v) is 5.80. The summed E-state index contributed by atoms with van der Waals surface area (Å²) in [6.45, 7) is 2.66. The number of carboxylic acids is 1. The van der Waals surface area contributed by atoms with Crippen LogP contribution < -0.4 is 4.74 Å². The van der Waals surface area contributed by atoms with Crippen LogP contribution in [0.3, 0.4) is 0 Å². The molecule has 0 aliphatic rings. The van der Waals surface area contributed by atoms with Crippen LogP contribution >= 0.6 is 0 Å². The lowest BCUT2D eigenvalue weighted by molar-refractivity contribution is 0.0692. The van der Waals surface area contributed by atoms with E-state index in [0.717, 1.165) is 31.7 Å². The number of aromatic carboxylic acids is 1. The van der Waals surface area contributed by atoms with E-state index in [1.54, 1.807) is 0 Å². The van der Waals surface area contributed by atoms with E-state index in [2.05, 4.69) is 6.92 Å². The predicted octanol–water partition coefficient (Wildman–Crippen LogP) is 3.48. The zero-order chi connectivity index (χ0) is 12.7. The van der Waals surface area contributed by atoms with Crippen LogP contribution in [0.1, 0.15) is 43.0 Å². The van der Waals surface area contributed by atoms with Crippen molar-refractivity contribution in [3.63, 3.8) is 0 Å². The van der Waals surface area contributed by atoms with Crippen LogP contribution in [-0.2, 0) is 0 Å². The second kappa shape index (κ2) is 6.89. The monoisotopic (exact) mass is 240 g/mol. The van der Waals surface area contributed by atoms with Gasteiger partial charge < -0.3 is 9.84 Å². The molecule has 1 aromatic rings. The molecule has 0 aliphatic heterocycles. The molecule has 0 radical (unpaired) electrons. The first-order valence-electron chi connectivity index (χ1n) is 5.80. The summed E-state index contributed by atoms with van der Waals surface area (Å²) in [6, 6.07) is 3.81. The van der Waals surface area contributed by atoms with Crippen LogP contribution in [0.25, 0.3) is 0 Å². The van der Waals surface area contributed by atoms with Gasteiger partial charge in [0.2, 0.25) is 0 Å². The molecule has 4 heteroatoms. The normalized spacial score (nSPS) is 10.2. The van der Waals surface area contributed by atoms with Gasteiger partial charge in [0.15, 0.2) is 0 Å². The summed E-state index contributed by atoms with van der Waals surface area (Å²) in [5, 5.41) is 8.65. The fraction of sp³-hybridized carbons (Fsp3) is 0.462. The molecule has 0 fully saturated rings. The molecule has 1 N–H and O–H groups in total. The lowest BCUT2D eigenvalue weighted by Gasteiger charge is -2.06. The third-order valence-electron chi connectivity index (χ3n) is 2.44. The van der Waals surface area contributed by atoms with E-state index in [4.69, 9.17) is 9.84 Å². The van der Waals surface area contributed by atoms with Crippen molar-refractivity contribution in [2.45, 2.75) is 32.6 Å². The quantitative estimate of drug-likeness (QED) is 0.742. The Balaban J connectivity index is 2.45. The fourth-order valence-electron chi connectivity index (χ4n) is 1.48. The van der Waals surface area contributed by atoms with Crippen LogP contribution in [0.2, 0.25) is 0 Å². The van der Waals surface area contributed by atoms with Crippen molar-refractivity contribution in [2.75, 3.05) is 6.61 Å². The number of rotatable bonds is 7. The molecule has 1 aromatic carbocycles. The second-order valence-electron chi connectivity index (χ2n) is 3.86. The average Bonchev–Trinajstić information content (AvgIpc) is 2.28. The van der Waals surface area contributed by atoms with Crippen molar-refractivity contribution in [1.29, 1.82) is 0 Å². The highest BCUT2D eigenvalue weighted by atomic mass is 19.1. The van der Waals surface area contributed by atoms with Crippen LogP contribution in [-0.4, -0.2) is 17.7 Å². The third-order valence-corrected chi connectivity index (χ3v) is 2.44. The molecule has 0 saturated carbocycles. The Morgan fingerprint density at radius 2 is 2.12 bits per heavy atom. The molecule has 0 aromatic heterocycles. The first kappa shape index (κ1) is 13.5. The highest BCUT2D eigenvalue weighted by Crippen LogP contribution is 2.17. The van der Waals surface area contributed by atoms with Gasteiger partial charge in [0.05, 0.1) is 12.2 Å². The van der Waals surface area contributed by atoms with Crippen LogP contribution in [0.5, 0.6) is 5.75 Å². The number of halogens is 1. The van der Waals surface area contributed by atoms with Crippen molar-refractivity contribution in [2.24, 2.45) is 0 Å². The van der Waals surface area contributed by atoms with E-state index in [-0.39, 0.29) is 5.56 Å². The minimum absolute atomic E-state index is 0.330. The smallest absolute Gasteiger partial charge is 0.338 e. The third kappa shape index (κ3) is 4.43. The molecule has 0 spiro atoms. The van der Waals surface area contributed by atoms with Gasteiger partial charge >= 0.3 is 5.97 Å². The summed E-state index contributed by atoms with van der Waals surface area (Å²) in [6.07, 6.45) is 4.33. The van der Waals surface area contributed by atoms with Crippen molar-refractivity contribution in [1.82, 2.24) is 0 Å². The number of hydrogen-bond donors (Lipinski definition) is 1. The van der Waals surface area contributed by atoms with Crippen molar-refractivity contribution < 1.29 is 19.0 Å². The van der Waals surface area contributed by atoms with Crippen molar-refractivity contribution >= 4 is 5.97 Å². The number of hydrogen-bond acceptors (Lipinski definition) is 2. The molecule has 0 aliphatic carbocycles. The molecule has 0 amide bonds.